The monoisotopic (exact) mass is 324 g/mol. The van der Waals surface area contributed by atoms with Crippen LogP contribution in [0.1, 0.15) is 39.7 Å². The number of aromatic hydroxyl groups is 1. The van der Waals surface area contributed by atoms with Gasteiger partial charge in [-0.3, -0.25) is 0 Å². The molecule has 0 saturated carbocycles. The number of carbonyl (C=O) groups is 1. The van der Waals surface area contributed by atoms with Gasteiger partial charge in [0.25, 0.3) is 0 Å². The number of hydrogen-bond donors (Lipinski definition) is 3. The number of methoxy groups -OCH3 is 1. The lowest BCUT2D eigenvalue weighted by molar-refractivity contribution is 0.0502. The second-order valence-corrected chi connectivity index (χ2v) is 6.39. The molecular formula is C17H28N2O4. The number of phenols is 1. The van der Waals surface area contributed by atoms with Crippen LogP contribution in [0.4, 0.5) is 4.79 Å². The third-order valence-electron chi connectivity index (χ3n) is 3.18. The summed E-state index contributed by atoms with van der Waals surface area (Å²) in [6.45, 7) is 8.71. The van der Waals surface area contributed by atoms with Crippen molar-refractivity contribution in [1.29, 1.82) is 0 Å². The molecule has 0 aromatic heterocycles. The van der Waals surface area contributed by atoms with E-state index in [0.717, 1.165) is 12.0 Å². The van der Waals surface area contributed by atoms with Crippen molar-refractivity contribution in [1.82, 2.24) is 10.6 Å². The Morgan fingerprint density at radius 1 is 1.35 bits per heavy atom. The van der Waals surface area contributed by atoms with Crippen molar-refractivity contribution in [2.24, 2.45) is 0 Å². The zero-order valence-corrected chi connectivity index (χ0v) is 14.6. The fraction of sp³-hybridized carbons (Fsp3) is 0.588. The molecule has 0 aliphatic carbocycles. The van der Waals surface area contributed by atoms with E-state index < -0.39 is 11.7 Å². The van der Waals surface area contributed by atoms with Crippen molar-refractivity contribution in [2.75, 3.05) is 13.7 Å². The number of amides is 1. The van der Waals surface area contributed by atoms with Gasteiger partial charge in [0.2, 0.25) is 0 Å². The Morgan fingerprint density at radius 3 is 2.57 bits per heavy atom. The molecule has 0 radical (unpaired) electrons. The quantitative estimate of drug-likeness (QED) is 0.719. The lowest BCUT2D eigenvalue weighted by atomic mass is 10.2. The molecule has 0 aliphatic rings. The number of carbonyl (C=O) groups excluding carboxylic acids is 1. The fourth-order valence-corrected chi connectivity index (χ4v) is 2.01. The summed E-state index contributed by atoms with van der Waals surface area (Å²) in [5.74, 6) is 0.567. The molecule has 1 aromatic carbocycles. The van der Waals surface area contributed by atoms with Crippen molar-refractivity contribution in [3.8, 4) is 11.5 Å². The highest BCUT2D eigenvalue weighted by Crippen LogP contribution is 2.26. The largest absolute Gasteiger partial charge is 0.504 e. The fourth-order valence-electron chi connectivity index (χ4n) is 2.01. The molecule has 1 amide bonds. The molecular weight excluding hydrogens is 296 g/mol. The second-order valence-electron chi connectivity index (χ2n) is 6.39. The zero-order chi connectivity index (χ0) is 17.5. The minimum Gasteiger partial charge on any atom is -0.504 e. The Labute approximate surface area is 138 Å². The van der Waals surface area contributed by atoms with E-state index in [9.17, 15) is 9.90 Å². The average Bonchev–Trinajstić information content (AvgIpc) is 2.44. The summed E-state index contributed by atoms with van der Waals surface area (Å²) in [4.78, 5) is 11.8. The Hall–Kier alpha value is -1.95. The minimum atomic E-state index is -0.504. The Bertz CT molecular complexity index is 512. The third-order valence-corrected chi connectivity index (χ3v) is 3.18. The van der Waals surface area contributed by atoms with Crippen LogP contribution in [0, 0.1) is 0 Å². The number of rotatable bonds is 7. The van der Waals surface area contributed by atoms with E-state index in [-0.39, 0.29) is 11.8 Å². The Balaban J connectivity index is 2.43. The molecule has 0 saturated heterocycles. The van der Waals surface area contributed by atoms with E-state index in [0.29, 0.717) is 18.8 Å². The molecule has 3 N–H and O–H groups in total. The standard InChI is InChI=1S/C17H28N2O4/c1-6-13(19-16(21)23-17(2,3)4)11-18-10-12-7-8-15(22-5)14(20)9-12/h7-9,13,18,20H,6,10-11H2,1-5H3,(H,19,21). The minimum absolute atomic E-state index is 0.0169. The van der Waals surface area contributed by atoms with E-state index in [1.165, 1.54) is 7.11 Å². The number of benzene rings is 1. The van der Waals surface area contributed by atoms with E-state index in [1.807, 2.05) is 33.8 Å². The van der Waals surface area contributed by atoms with Gasteiger partial charge in [0.05, 0.1) is 7.11 Å². The summed E-state index contributed by atoms with van der Waals surface area (Å²) in [5, 5.41) is 15.9. The molecule has 1 rings (SSSR count). The van der Waals surface area contributed by atoms with Crippen LogP contribution in [-0.4, -0.2) is 36.5 Å². The van der Waals surface area contributed by atoms with Crippen LogP contribution in [0.3, 0.4) is 0 Å². The van der Waals surface area contributed by atoms with Gasteiger partial charge in [-0.2, -0.15) is 0 Å². The van der Waals surface area contributed by atoms with Crippen molar-refractivity contribution in [2.45, 2.75) is 52.3 Å². The number of ether oxygens (including phenoxy) is 2. The first-order valence-electron chi connectivity index (χ1n) is 7.81. The Kier molecular flexibility index (Phi) is 7.16. The summed E-state index contributed by atoms with van der Waals surface area (Å²) in [7, 11) is 1.52. The molecule has 0 heterocycles. The topological polar surface area (TPSA) is 79.8 Å². The summed E-state index contributed by atoms with van der Waals surface area (Å²) in [5.41, 5.74) is 0.437. The van der Waals surface area contributed by atoms with E-state index >= 15 is 0 Å². The summed E-state index contributed by atoms with van der Waals surface area (Å²) < 4.78 is 10.3. The molecule has 0 fully saturated rings. The summed E-state index contributed by atoms with van der Waals surface area (Å²) in [6, 6.07) is 5.25. The predicted molar refractivity (Wildman–Crippen MR) is 89.8 cm³/mol. The molecule has 0 aliphatic heterocycles. The molecule has 1 unspecified atom stereocenters. The van der Waals surface area contributed by atoms with Crippen LogP contribution in [0.5, 0.6) is 11.5 Å². The first-order chi connectivity index (χ1) is 10.7. The van der Waals surface area contributed by atoms with Crippen LogP contribution >= 0.6 is 0 Å². The maximum absolute atomic E-state index is 11.8. The van der Waals surface area contributed by atoms with Gasteiger partial charge in [-0.1, -0.05) is 13.0 Å². The molecule has 1 aromatic rings. The van der Waals surface area contributed by atoms with Crippen molar-refractivity contribution < 1.29 is 19.4 Å². The lowest BCUT2D eigenvalue weighted by Gasteiger charge is -2.23. The van der Waals surface area contributed by atoms with E-state index in [1.54, 1.807) is 12.1 Å². The van der Waals surface area contributed by atoms with Gasteiger partial charge >= 0.3 is 6.09 Å². The maximum atomic E-state index is 11.8. The molecule has 23 heavy (non-hydrogen) atoms. The van der Waals surface area contributed by atoms with Crippen molar-refractivity contribution in [3.63, 3.8) is 0 Å². The molecule has 1 atom stereocenters. The predicted octanol–water partition coefficient (Wildman–Crippen LogP) is 2.79. The molecule has 130 valence electrons. The van der Waals surface area contributed by atoms with Gasteiger partial charge in [0.15, 0.2) is 11.5 Å². The van der Waals surface area contributed by atoms with Gasteiger partial charge in [0, 0.05) is 19.1 Å². The van der Waals surface area contributed by atoms with Crippen LogP contribution < -0.4 is 15.4 Å². The summed E-state index contributed by atoms with van der Waals surface area (Å²) >= 11 is 0. The van der Waals surface area contributed by atoms with Crippen molar-refractivity contribution >= 4 is 6.09 Å². The number of phenolic OH excluding ortho intramolecular Hbond substituents is 1. The highest BCUT2D eigenvalue weighted by atomic mass is 16.6. The van der Waals surface area contributed by atoms with Crippen LogP contribution in [0.2, 0.25) is 0 Å². The van der Waals surface area contributed by atoms with Gasteiger partial charge < -0.3 is 25.2 Å². The van der Waals surface area contributed by atoms with Gasteiger partial charge in [-0.25, -0.2) is 4.79 Å². The van der Waals surface area contributed by atoms with Gasteiger partial charge in [0.1, 0.15) is 5.60 Å². The molecule has 0 bridgehead atoms. The van der Waals surface area contributed by atoms with E-state index in [2.05, 4.69) is 10.6 Å². The SMILES string of the molecule is CCC(CNCc1ccc(OC)c(O)c1)NC(=O)OC(C)(C)C. The van der Waals surface area contributed by atoms with Gasteiger partial charge in [-0.15, -0.1) is 0 Å². The smallest absolute Gasteiger partial charge is 0.407 e. The first kappa shape index (κ1) is 19.1. The maximum Gasteiger partial charge on any atom is 0.407 e. The molecule has 6 nitrogen and oxygen atoms in total. The van der Waals surface area contributed by atoms with Crippen LogP contribution in [-0.2, 0) is 11.3 Å². The number of hydrogen-bond acceptors (Lipinski definition) is 5. The number of nitrogens with one attached hydrogen (secondary N) is 2. The lowest BCUT2D eigenvalue weighted by Crippen LogP contribution is -2.43. The molecule has 6 heteroatoms. The van der Waals surface area contributed by atoms with Gasteiger partial charge in [-0.05, 0) is 44.9 Å². The van der Waals surface area contributed by atoms with E-state index in [4.69, 9.17) is 9.47 Å². The zero-order valence-electron chi connectivity index (χ0n) is 14.6. The highest BCUT2D eigenvalue weighted by molar-refractivity contribution is 5.68. The summed E-state index contributed by atoms with van der Waals surface area (Å²) in [6.07, 6.45) is 0.383. The van der Waals surface area contributed by atoms with Crippen molar-refractivity contribution in [3.05, 3.63) is 23.8 Å². The first-order valence-corrected chi connectivity index (χ1v) is 7.81. The highest BCUT2D eigenvalue weighted by Gasteiger charge is 2.18. The third kappa shape index (κ3) is 7.23. The van der Waals surface area contributed by atoms with Crippen LogP contribution in [0.15, 0.2) is 18.2 Å². The van der Waals surface area contributed by atoms with Crippen LogP contribution in [0.25, 0.3) is 0 Å². The average molecular weight is 324 g/mol. The normalized spacial score (nSPS) is 12.6. The number of alkyl carbamates (subject to hydrolysis) is 1. The molecule has 0 spiro atoms. The Morgan fingerprint density at radius 2 is 2.04 bits per heavy atom. The second kappa shape index (κ2) is 8.62.